The molecule has 0 heterocycles. The molecule has 1 amide bonds. The Hall–Kier alpha value is -1.80. The number of carboxylic acid groups (broad SMARTS) is 2. The molecule has 6 nitrogen and oxygen atoms in total. The van der Waals surface area contributed by atoms with E-state index in [0.717, 1.165) is 0 Å². The topological polar surface area (TPSA) is 94.9 Å². The van der Waals surface area contributed by atoms with Crippen molar-refractivity contribution in [1.82, 2.24) is 4.90 Å². The van der Waals surface area contributed by atoms with Crippen molar-refractivity contribution in [2.24, 2.45) is 0 Å². The zero-order chi connectivity index (χ0) is 14.5. The van der Waals surface area contributed by atoms with E-state index in [1.54, 1.807) is 0 Å². The molecule has 104 valence electrons. The maximum Gasteiger partial charge on any atom is 0.471 e. The molecule has 0 bridgehead atoms. The van der Waals surface area contributed by atoms with Crippen LogP contribution in [0.15, 0.2) is 0 Å². The van der Waals surface area contributed by atoms with E-state index in [1.165, 1.54) is 6.92 Å². The monoisotopic (exact) mass is 271 g/mol. The molecular formula is C9H12F3NO5. The molecule has 0 saturated carbocycles. The van der Waals surface area contributed by atoms with Crippen LogP contribution in [0, 0.1) is 0 Å². The summed E-state index contributed by atoms with van der Waals surface area (Å²) in [7, 11) is 0. The Morgan fingerprint density at radius 3 is 2.00 bits per heavy atom. The third-order valence-electron chi connectivity index (χ3n) is 2.12. The summed E-state index contributed by atoms with van der Waals surface area (Å²) in [4.78, 5) is 32.1. The normalized spacial score (nSPS) is 12.9. The summed E-state index contributed by atoms with van der Waals surface area (Å²) in [6, 6.07) is -1.70. The minimum atomic E-state index is -5.23. The molecule has 0 aliphatic carbocycles. The van der Waals surface area contributed by atoms with E-state index in [-0.39, 0.29) is 11.3 Å². The van der Waals surface area contributed by atoms with Crippen molar-refractivity contribution in [3.63, 3.8) is 0 Å². The molecule has 0 aromatic rings. The second-order valence-electron chi connectivity index (χ2n) is 3.40. The second-order valence-corrected chi connectivity index (χ2v) is 3.40. The molecule has 0 aromatic heterocycles. The lowest BCUT2D eigenvalue weighted by atomic mass is 10.1. The molecule has 1 atom stereocenters. The van der Waals surface area contributed by atoms with Crippen molar-refractivity contribution in [2.45, 2.75) is 32.0 Å². The molecule has 0 aromatic carbocycles. The lowest BCUT2D eigenvalue weighted by molar-refractivity contribution is -0.190. The third-order valence-corrected chi connectivity index (χ3v) is 2.12. The minimum absolute atomic E-state index is 0.0243. The van der Waals surface area contributed by atoms with Crippen LogP contribution >= 0.6 is 0 Å². The fourth-order valence-corrected chi connectivity index (χ4v) is 1.31. The highest BCUT2D eigenvalue weighted by Gasteiger charge is 2.45. The maximum atomic E-state index is 12.3. The number of amides is 1. The van der Waals surface area contributed by atoms with Crippen LogP contribution in [0.4, 0.5) is 13.2 Å². The van der Waals surface area contributed by atoms with Crippen LogP contribution in [-0.4, -0.2) is 51.7 Å². The smallest absolute Gasteiger partial charge is 0.471 e. The van der Waals surface area contributed by atoms with Gasteiger partial charge in [0.15, 0.2) is 0 Å². The average molecular weight is 271 g/mol. The molecule has 0 fully saturated rings. The van der Waals surface area contributed by atoms with Crippen LogP contribution in [-0.2, 0) is 14.4 Å². The van der Waals surface area contributed by atoms with Crippen molar-refractivity contribution >= 4 is 17.8 Å². The summed E-state index contributed by atoms with van der Waals surface area (Å²) in [5.74, 6) is -5.38. The number of halogens is 3. The van der Waals surface area contributed by atoms with Gasteiger partial charge in [-0.05, 0) is 6.42 Å². The maximum absolute atomic E-state index is 12.3. The van der Waals surface area contributed by atoms with Gasteiger partial charge in [-0.25, -0.2) is 4.79 Å². The summed E-state index contributed by atoms with van der Waals surface area (Å²) < 4.78 is 36.8. The molecule has 0 spiro atoms. The van der Waals surface area contributed by atoms with Crippen molar-refractivity contribution in [3.05, 3.63) is 0 Å². The van der Waals surface area contributed by atoms with Crippen molar-refractivity contribution < 1.29 is 37.8 Å². The number of hydrogen-bond acceptors (Lipinski definition) is 3. The first-order valence-corrected chi connectivity index (χ1v) is 4.93. The van der Waals surface area contributed by atoms with Crippen LogP contribution in [0.2, 0.25) is 0 Å². The van der Waals surface area contributed by atoms with E-state index < -0.39 is 43.0 Å². The van der Waals surface area contributed by atoms with Gasteiger partial charge in [0.1, 0.15) is 6.04 Å². The molecule has 2 N–H and O–H groups in total. The summed E-state index contributed by atoms with van der Waals surface area (Å²) >= 11 is 0. The first-order chi connectivity index (χ1) is 8.11. The summed E-state index contributed by atoms with van der Waals surface area (Å²) in [5, 5.41) is 17.1. The van der Waals surface area contributed by atoms with Gasteiger partial charge in [0.05, 0.1) is 6.42 Å². The number of carbonyl (C=O) groups is 3. The van der Waals surface area contributed by atoms with Crippen molar-refractivity contribution in [2.75, 3.05) is 6.54 Å². The first-order valence-electron chi connectivity index (χ1n) is 4.93. The third kappa shape index (κ3) is 4.60. The number of aliphatic carboxylic acids is 2. The zero-order valence-electron chi connectivity index (χ0n) is 9.40. The number of hydrogen-bond donors (Lipinski definition) is 2. The predicted molar refractivity (Wildman–Crippen MR) is 51.7 cm³/mol. The number of carbonyl (C=O) groups excluding carboxylic acids is 1. The van der Waals surface area contributed by atoms with E-state index in [1.807, 2.05) is 0 Å². The van der Waals surface area contributed by atoms with E-state index in [0.29, 0.717) is 0 Å². The number of alkyl halides is 3. The molecule has 18 heavy (non-hydrogen) atoms. The SMILES string of the molecule is CCC(C(=O)O)N(CCC(=O)O)C(=O)C(F)(F)F. The Labute approximate surface area is 100.0 Å². The molecule has 9 heteroatoms. The van der Waals surface area contributed by atoms with Crippen LogP contribution in [0.25, 0.3) is 0 Å². The minimum Gasteiger partial charge on any atom is -0.481 e. The Kier molecular flexibility index (Phi) is 5.60. The van der Waals surface area contributed by atoms with Gasteiger partial charge in [0.25, 0.3) is 0 Å². The molecule has 0 aliphatic heterocycles. The number of nitrogens with zero attached hydrogens (tertiary/aromatic N) is 1. The van der Waals surface area contributed by atoms with Gasteiger partial charge < -0.3 is 15.1 Å². The second kappa shape index (κ2) is 6.22. The van der Waals surface area contributed by atoms with Gasteiger partial charge in [-0.3, -0.25) is 9.59 Å². The quantitative estimate of drug-likeness (QED) is 0.742. The number of rotatable bonds is 6. The molecule has 0 rings (SSSR count). The molecule has 0 aliphatic rings. The van der Waals surface area contributed by atoms with Crippen LogP contribution in [0.1, 0.15) is 19.8 Å². The lowest BCUT2D eigenvalue weighted by Crippen LogP contribution is -2.50. The first kappa shape index (κ1) is 16.2. The largest absolute Gasteiger partial charge is 0.481 e. The van der Waals surface area contributed by atoms with E-state index in [2.05, 4.69) is 0 Å². The van der Waals surface area contributed by atoms with Crippen LogP contribution in [0.5, 0.6) is 0 Å². The molecule has 1 unspecified atom stereocenters. The van der Waals surface area contributed by atoms with Gasteiger partial charge in [0, 0.05) is 6.54 Å². The highest BCUT2D eigenvalue weighted by Crippen LogP contribution is 2.21. The fourth-order valence-electron chi connectivity index (χ4n) is 1.31. The fraction of sp³-hybridized carbons (Fsp3) is 0.667. The Morgan fingerprint density at radius 2 is 1.72 bits per heavy atom. The highest BCUT2D eigenvalue weighted by atomic mass is 19.4. The van der Waals surface area contributed by atoms with Gasteiger partial charge in [0.2, 0.25) is 0 Å². The molecular weight excluding hydrogens is 259 g/mol. The van der Waals surface area contributed by atoms with Gasteiger partial charge in [-0.2, -0.15) is 13.2 Å². The van der Waals surface area contributed by atoms with Crippen molar-refractivity contribution in [3.8, 4) is 0 Å². The number of carboxylic acids is 2. The standard InChI is InChI=1S/C9H12F3NO5/c1-2-5(7(16)17)13(4-3-6(14)15)8(18)9(10,11)12/h5H,2-4H2,1H3,(H,14,15)(H,16,17). The van der Waals surface area contributed by atoms with Crippen LogP contribution < -0.4 is 0 Å². The van der Waals surface area contributed by atoms with Gasteiger partial charge in [-0.15, -0.1) is 0 Å². The van der Waals surface area contributed by atoms with Crippen LogP contribution in [0.3, 0.4) is 0 Å². The Bertz CT molecular complexity index is 342. The summed E-state index contributed by atoms with van der Waals surface area (Å²) in [5.41, 5.74) is 0. The Balaban J connectivity index is 5.09. The lowest BCUT2D eigenvalue weighted by Gasteiger charge is -2.28. The van der Waals surface area contributed by atoms with E-state index in [9.17, 15) is 27.6 Å². The molecule has 0 radical (unpaired) electrons. The van der Waals surface area contributed by atoms with Gasteiger partial charge >= 0.3 is 24.0 Å². The Morgan fingerprint density at radius 1 is 1.22 bits per heavy atom. The van der Waals surface area contributed by atoms with Gasteiger partial charge in [-0.1, -0.05) is 6.92 Å². The molecule has 0 saturated heterocycles. The average Bonchev–Trinajstić information content (AvgIpc) is 2.20. The highest BCUT2D eigenvalue weighted by molar-refractivity contribution is 5.87. The van der Waals surface area contributed by atoms with E-state index in [4.69, 9.17) is 10.2 Å². The summed E-state index contributed by atoms with van der Waals surface area (Å²) in [6.07, 6.45) is -6.25. The summed E-state index contributed by atoms with van der Waals surface area (Å²) in [6.45, 7) is 0.481. The van der Waals surface area contributed by atoms with Crippen molar-refractivity contribution in [1.29, 1.82) is 0 Å². The zero-order valence-corrected chi connectivity index (χ0v) is 9.40. The predicted octanol–water partition coefficient (Wildman–Crippen LogP) is 0.715. The van der Waals surface area contributed by atoms with E-state index >= 15 is 0 Å².